The number of amides is 2. The van der Waals surface area contributed by atoms with Crippen molar-refractivity contribution in [2.24, 2.45) is 5.41 Å². The molecule has 1 aromatic rings. The molecule has 0 fully saturated rings. The Bertz CT molecular complexity index is 476. The maximum atomic E-state index is 12.0. The highest BCUT2D eigenvalue weighted by Gasteiger charge is 2.18. The van der Waals surface area contributed by atoms with Gasteiger partial charge < -0.3 is 10.6 Å². The summed E-state index contributed by atoms with van der Waals surface area (Å²) in [7, 11) is 0. The van der Waals surface area contributed by atoms with E-state index >= 15 is 0 Å². The third kappa shape index (κ3) is 5.43. The number of carbonyl (C=O) groups is 2. The number of para-hydroxylation sites is 1. The summed E-state index contributed by atoms with van der Waals surface area (Å²) in [6.07, 6.45) is 1.29. The third-order valence-electron chi connectivity index (χ3n) is 2.67. The van der Waals surface area contributed by atoms with Crippen LogP contribution >= 0.6 is 0 Å². The highest BCUT2D eigenvalue weighted by Crippen LogP contribution is 2.21. The van der Waals surface area contributed by atoms with Crippen LogP contribution in [0.15, 0.2) is 24.3 Å². The summed E-state index contributed by atoms with van der Waals surface area (Å²) in [5.74, 6) is -0.230. The Kier molecular flexibility index (Phi) is 5.74. The van der Waals surface area contributed by atoms with Gasteiger partial charge in [0, 0.05) is 13.0 Å². The van der Waals surface area contributed by atoms with E-state index in [2.05, 4.69) is 10.6 Å². The molecule has 0 heterocycles. The molecule has 0 radical (unpaired) electrons. The van der Waals surface area contributed by atoms with Gasteiger partial charge in [0.2, 0.25) is 5.91 Å². The molecule has 20 heavy (non-hydrogen) atoms. The molecule has 4 nitrogen and oxygen atoms in total. The number of benzene rings is 1. The van der Waals surface area contributed by atoms with E-state index in [0.717, 1.165) is 6.42 Å². The molecule has 1 rings (SSSR count). The number of hydrogen-bond donors (Lipinski definition) is 2. The minimum atomic E-state index is -0.154. The highest BCUT2D eigenvalue weighted by molar-refractivity contribution is 6.03. The first-order valence-electron chi connectivity index (χ1n) is 7.00. The van der Waals surface area contributed by atoms with E-state index in [0.29, 0.717) is 24.2 Å². The lowest BCUT2D eigenvalue weighted by Gasteiger charge is -2.18. The van der Waals surface area contributed by atoms with E-state index in [1.165, 1.54) is 0 Å². The topological polar surface area (TPSA) is 58.2 Å². The van der Waals surface area contributed by atoms with Gasteiger partial charge in [-0.2, -0.15) is 0 Å². The summed E-state index contributed by atoms with van der Waals surface area (Å²) in [5.41, 5.74) is 0.988. The van der Waals surface area contributed by atoms with Gasteiger partial charge in [-0.05, 0) is 24.0 Å². The number of rotatable bonds is 5. The Morgan fingerprint density at radius 1 is 1.15 bits per heavy atom. The zero-order valence-corrected chi connectivity index (χ0v) is 12.7. The number of hydrogen-bond acceptors (Lipinski definition) is 2. The van der Waals surface area contributed by atoms with Crippen molar-refractivity contribution in [2.75, 3.05) is 11.9 Å². The van der Waals surface area contributed by atoms with Gasteiger partial charge in [-0.1, -0.05) is 39.8 Å². The van der Waals surface area contributed by atoms with Crippen LogP contribution in [0.4, 0.5) is 5.69 Å². The van der Waals surface area contributed by atoms with Gasteiger partial charge in [0.05, 0.1) is 11.3 Å². The van der Waals surface area contributed by atoms with E-state index in [1.54, 1.807) is 18.2 Å². The zero-order chi connectivity index (χ0) is 15.2. The predicted molar refractivity (Wildman–Crippen MR) is 81.8 cm³/mol. The van der Waals surface area contributed by atoms with Gasteiger partial charge in [-0.3, -0.25) is 9.59 Å². The Balaban J connectivity index is 2.80. The second-order valence-electron chi connectivity index (χ2n) is 6.09. The van der Waals surface area contributed by atoms with Crippen molar-refractivity contribution in [1.82, 2.24) is 5.32 Å². The summed E-state index contributed by atoms with van der Waals surface area (Å²) in [6.45, 7) is 8.64. The Hall–Kier alpha value is -1.84. The molecule has 4 heteroatoms. The van der Waals surface area contributed by atoms with Crippen LogP contribution in [0.25, 0.3) is 0 Å². The Morgan fingerprint density at radius 2 is 1.80 bits per heavy atom. The van der Waals surface area contributed by atoms with Crippen LogP contribution in [0.2, 0.25) is 0 Å². The maximum Gasteiger partial charge on any atom is 0.253 e. The summed E-state index contributed by atoms with van der Waals surface area (Å²) < 4.78 is 0. The quantitative estimate of drug-likeness (QED) is 0.867. The molecule has 2 N–H and O–H groups in total. The fraction of sp³-hybridized carbons (Fsp3) is 0.500. The molecular formula is C16H24N2O2. The third-order valence-corrected chi connectivity index (χ3v) is 2.67. The fourth-order valence-corrected chi connectivity index (χ4v) is 1.80. The van der Waals surface area contributed by atoms with Gasteiger partial charge in [0.25, 0.3) is 5.91 Å². The van der Waals surface area contributed by atoms with Gasteiger partial charge in [0.15, 0.2) is 0 Å². The second-order valence-corrected chi connectivity index (χ2v) is 6.09. The number of carbonyl (C=O) groups excluding carboxylic acids is 2. The molecule has 0 saturated heterocycles. The average Bonchev–Trinajstić information content (AvgIpc) is 2.34. The van der Waals surface area contributed by atoms with Crippen molar-refractivity contribution in [3.8, 4) is 0 Å². The van der Waals surface area contributed by atoms with Gasteiger partial charge in [-0.25, -0.2) is 0 Å². The number of anilines is 1. The molecule has 0 spiro atoms. The lowest BCUT2D eigenvalue weighted by Crippen LogP contribution is -2.26. The summed E-state index contributed by atoms with van der Waals surface area (Å²) in [6, 6.07) is 7.07. The predicted octanol–water partition coefficient (Wildman–Crippen LogP) is 3.20. The first-order valence-corrected chi connectivity index (χ1v) is 7.00. The van der Waals surface area contributed by atoms with Crippen LogP contribution in [-0.4, -0.2) is 18.4 Å². The Morgan fingerprint density at radius 3 is 2.40 bits per heavy atom. The monoisotopic (exact) mass is 276 g/mol. The standard InChI is InChI=1S/C16H24N2O2/c1-5-10-17-15(20)12-8-6-7-9-13(12)18-14(19)11-16(2,3)4/h6-9H,5,10-11H2,1-4H3,(H,17,20)(H,18,19). The molecule has 110 valence electrons. The lowest BCUT2D eigenvalue weighted by molar-refractivity contribution is -0.117. The molecule has 0 aliphatic carbocycles. The van der Waals surface area contributed by atoms with Crippen LogP contribution < -0.4 is 10.6 Å². The Labute approximate surface area is 121 Å². The summed E-state index contributed by atoms with van der Waals surface area (Å²) in [5, 5.41) is 5.64. The molecule has 0 bridgehead atoms. The summed E-state index contributed by atoms with van der Waals surface area (Å²) >= 11 is 0. The van der Waals surface area contributed by atoms with Crippen LogP contribution in [0.1, 0.15) is 50.9 Å². The minimum Gasteiger partial charge on any atom is -0.352 e. The van der Waals surface area contributed by atoms with E-state index in [4.69, 9.17) is 0 Å². The molecular weight excluding hydrogens is 252 g/mol. The molecule has 0 atom stereocenters. The van der Waals surface area contributed by atoms with Gasteiger partial charge in [-0.15, -0.1) is 0 Å². The average molecular weight is 276 g/mol. The van der Waals surface area contributed by atoms with E-state index in [9.17, 15) is 9.59 Å². The second kappa shape index (κ2) is 7.08. The molecule has 0 aliphatic heterocycles. The molecule has 1 aromatic carbocycles. The van der Waals surface area contributed by atoms with Crippen LogP contribution in [0, 0.1) is 5.41 Å². The van der Waals surface area contributed by atoms with Crippen LogP contribution in [-0.2, 0) is 4.79 Å². The van der Waals surface area contributed by atoms with Crippen LogP contribution in [0.3, 0.4) is 0 Å². The van der Waals surface area contributed by atoms with Crippen molar-refractivity contribution in [3.05, 3.63) is 29.8 Å². The van der Waals surface area contributed by atoms with Crippen molar-refractivity contribution >= 4 is 17.5 Å². The molecule has 0 unspecified atom stereocenters. The fourth-order valence-electron chi connectivity index (χ4n) is 1.80. The van der Waals surface area contributed by atoms with E-state index in [1.807, 2.05) is 33.8 Å². The molecule has 2 amide bonds. The van der Waals surface area contributed by atoms with Gasteiger partial charge >= 0.3 is 0 Å². The zero-order valence-electron chi connectivity index (χ0n) is 12.7. The SMILES string of the molecule is CCCNC(=O)c1ccccc1NC(=O)CC(C)(C)C. The van der Waals surface area contributed by atoms with Gasteiger partial charge in [0.1, 0.15) is 0 Å². The maximum absolute atomic E-state index is 12.0. The van der Waals surface area contributed by atoms with Crippen LogP contribution in [0.5, 0.6) is 0 Å². The number of nitrogens with one attached hydrogen (secondary N) is 2. The molecule has 0 aliphatic rings. The van der Waals surface area contributed by atoms with E-state index < -0.39 is 0 Å². The lowest BCUT2D eigenvalue weighted by atomic mass is 9.92. The van der Waals surface area contributed by atoms with Crippen molar-refractivity contribution in [2.45, 2.75) is 40.5 Å². The largest absolute Gasteiger partial charge is 0.352 e. The van der Waals surface area contributed by atoms with Crippen molar-refractivity contribution < 1.29 is 9.59 Å². The first kappa shape index (κ1) is 16.2. The molecule has 0 aromatic heterocycles. The van der Waals surface area contributed by atoms with Crippen molar-refractivity contribution in [1.29, 1.82) is 0 Å². The first-order chi connectivity index (χ1) is 9.33. The van der Waals surface area contributed by atoms with E-state index in [-0.39, 0.29) is 17.2 Å². The molecule has 0 saturated carbocycles. The minimum absolute atomic E-state index is 0.0757. The normalized spacial score (nSPS) is 11.0. The van der Waals surface area contributed by atoms with Crippen molar-refractivity contribution in [3.63, 3.8) is 0 Å². The smallest absolute Gasteiger partial charge is 0.253 e. The highest BCUT2D eigenvalue weighted by atomic mass is 16.2. The summed E-state index contributed by atoms with van der Waals surface area (Å²) in [4.78, 5) is 24.0.